The molecule has 0 aromatic rings. The van der Waals surface area contributed by atoms with Gasteiger partial charge in [0, 0.05) is 26.2 Å². The summed E-state index contributed by atoms with van der Waals surface area (Å²) in [6.07, 6.45) is 2.98. The number of carbonyl (C=O) groups is 2. The lowest BCUT2D eigenvalue weighted by atomic mass is 10.1. The number of amides is 2. The fourth-order valence-electron chi connectivity index (χ4n) is 2.26. The summed E-state index contributed by atoms with van der Waals surface area (Å²) in [4.78, 5) is 28.7. The third-order valence-corrected chi connectivity index (χ3v) is 3.47. The summed E-state index contributed by atoms with van der Waals surface area (Å²) in [5.74, 6) is 0.0233. The lowest BCUT2D eigenvalue weighted by Crippen LogP contribution is -2.50. The lowest BCUT2D eigenvalue weighted by Gasteiger charge is -2.32. The Balaban J connectivity index is 1.73. The van der Waals surface area contributed by atoms with Crippen LogP contribution in [0, 0.1) is 0 Å². The van der Waals surface area contributed by atoms with E-state index in [1.54, 1.807) is 9.80 Å². The van der Waals surface area contributed by atoms with Gasteiger partial charge in [0.2, 0.25) is 5.91 Å². The Kier molecular flexibility index (Phi) is 4.41. The molecule has 6 nitrogen and oxygen atoms in total. The van der Waals surface area contributed by atoms with Crippen LogP contribution in [0.4, 0.5) is 4.79 Å². The first-order chi connectivity index (χ1) is 8.66. The van der Waals surface area contributed by atoms with Gasteiger partial charge in [-0.05, 0) is 26.3 Å². The SMILES string of the molecule is CN1CCN(COC(=O)N2CCCCC2)C(=O)C1. The van der Waals surface area contributed by atoms with Gasteiger partial charge in [0.15, 0.2) is 6.73 Å². The highest BCUT2D eigenvalue weighted by molar-refractivity contribution is 5.79. The average molecular weight is 255 g/mol. The summed E-state index contributed by atoms with van der Waals surface area (Å²) < 4.78 is 5.20. The molecule has 2 rings (SSSR count). The molecule has 0 spiro atoms. The second-order valence-corrected chi connectivity index (χ2v) is 4.98. The number of carbonyl (C=O) groups excluding carboxylic acids is 2. The van der Waals surface area contributed by atoms with E-state index in [-0.39, 0.29) is 18.7 Å². The van der Waals surface area contributed by atoms with Crippen molar-refractivity contribution in [3.05, 3.63) is 0 Å². The third kappa shape index (κ3) is 3.35. The summed E-state index contributed by atoms with van der Waals surface area (Å²) in [6, 6.07) is 0. The second-order valence-electron chi connectivity index (χ2n) is 4.98. The van der Waals surface area contributed by atoms with Crippen molar-refractivity contribution >= 4 is 12.0 Å². The maximum atomic E-state index is 11.8. The minimum Gasteiger partial charge on any atom is -0.428 e. The number of piperidine rings is 1. The quantitative estimate of drug-likeness (QED) is 0.714. The molecule has 18 heavy (non-hydrogen) atoms. The monoisotopic (exact) mass is 255 g/mol. The van der Waals surface area contributed by atoms with Gasteiger partial charge in [0.25, 0.3) is 0 Å². The van der Waals surface area contributed by atoms with Gasteiger partial charge in [0.05, 0.1) is 6.54 Å². The minimum absolute atomic E-state index is 0.0233. The number of hydrogen-bond acceptors (Lipinski definition) is 4. The van der Waals surface area contributed by atoms with Crippen LogP contribution in [0.2, 0.25) is 0 Å². The average Bonchev–Trinajstić information content (AvgIpc) is 2.38. The fraction of sp³-hybridized carbons (Fsp3) is 0.833. The number of nitrogens with zero attached hydrogens (tertiary/aromatic N) is 3. The molecule has 102 valence electrons. The summed E-state index contributed by atoms with van der Waals surface area (Å²) in [5.41, 5.74) is 0. The Morgan fingerprint density at radius 3 is 2.56 bits per heavy atom. The summed E-state index contributed by atoms with van der Waals surface area (Å²) in [7, 11) is 1.91. The fourth-order valence-corrected chi connectivity index (χ4v) is 2.26. The summed E-state index contributed by atoms with van der Waals surface area (Å²) >= 11 is 0. The van der Waals surface area contributed by atoms with E-state index in [0.717, 1.165) is 32.5 Å². The zero-order valence-electron chi connectivity index (χ0n) is 10.9. The van der Waals surface area contributed by atoms with Crippen LogP contribution in [0.1, 0.15) is 19.3 Å². The van der Waals surface area contributed by atoms with E-state index in [0.29, 0.717) is 13.1 Å². The Morgan fingerprint density at radius 1 is 1.17 bits per heavy atom. The molecule has 0 saturated carbocycles. The van der Waals surface area contributed by atoms with E-state index in [1.807, 2.05) is 11.9 Å². The van der Waals surface area contributed by atoms with Gasteiger partial charge >= 0.3 is 6.09 Å². The Hall–Kier alpha value is -1.30. The molecule has 2 heterocycles. The van der Waals surface area contributed by atoms with Crippen LogP contribution in [-0.4, -0.2) is 73.2 Å². The van der Waals surface area contributed by atoms with Crippen molar-refractivity contribution in [1.29, 1.82) is 0 Å². The standard InChI is InChI=1S/C12H21N3O3/c1-13-7-8-15(11(16)9-13)10-18-12(17)14-5-3-2-4-6-14/h2-10H2,1H3. The summed E-state index contributed by atoms with van der Waals surface area (Å²) in [6.45, 7) is 3.49. The number of piperazine rings is 1. The highest BCUT2D eigenvalue weighted by Crippen LogP contribution is 2.10. The van der Waals surface area contributed by atoms with Gasteiger partial charge in [-0.1, -0.05) is 0 Å². The Bertz CT molecular complexity index is 316. The van der Waals surface area contributed by atoms with E-state index in [2.05, 4.69) is 0 Å². The van der Waals surface area contributed by atoms with Gasteiger partial charge < -0.3 is 14.5 Å². The zero-order valence-corrected chi connectivity index (χ0v) is 10.9. The second kappa shape index (κ2) is 6.04. The zero-order chi connectivity index (χ0) is 13.0. The smallest absolute Gasteiger partial charge is 0.411 e. The minimum atomic E-state index is -0.290. The van der Waals surface area contributed by atoms with Crippen LogP contribution in [0.3, 0.4) is 0 Å². The normalized spacial score (nSPS) is 22.2. The summed E-state index contributed by atoms with van der Waals surface area (Å²) in [5, 5.41) is 0. The number of likely N-dealkylation sites (N-methyl/N-ethyl adjacent to an activating group) is 1. The third-order valence-electron chi connectivity index (χ3n) is 3.47. The maximum absolute atomic E-state index is 11.8. The Morgan fingerprint density at radius 2 is 1.89 bits per heavy atom. The van der Waals surface area contributed by atoms with Crippen LogP contribution in [0.15, 0.2) is 0 Å². The molecule has 2 aliphatic rings. The van der Waals surface area contributed by atoms with Crippen molar-refractivity contribution < 1.29 is 14.3 Å². The molecule has 6 heteroatoms. The highest BCUT2D eigenvalue weighted by atomic mass is 16.6. The number of hydrogen-bond donors (Lipinski definition) is 0. The van der Waals surface area contributed by atoms with E-state index < -0.39 is 0 Å². The first-order valence-electron chi connectivity index (χ1n) is 6.55. The van der Waals surface area contributed by atoms with Crippen molar-refractivity contribution in [2.75, 3.05) is 46.5 Å². The molecule has 0 unspecified atom stereocenters. The topological polar surface area (TPSA) is 53.1 Å². The predicted molar refractivity (Wildman–Crippen MR) is 66.0 cm³/mol. The molecular formula is C12H21N3O3. The van der Waals surface area contributed by atoms with Crippen LogP contribution in [-0.2, 0) is 9.53 Å². The van der Waals surface area contributed by atoms with Gasteiger partial charge in [-0.25, -0.2) is 4.79 Å². The van der Waals surface area contributed by atoms with Crippen molar-refractivity contribution in [2.24, 2.45) is 0 Å². The molecular weight excluding hydrogens is 234 g/mol. The first-order valence-corrected chi connectivity index (χ1v) is 6.55. The molecule has 0 bridgehead atoms. The number of rotatable bonds is 2. The maximum Gasteiger partial charge on any atom is 0.411 e. The van der Waals surface area contributed by atoms with E-state index in [4.69, 9.17) is 4.74 Å². The van der Waals surface area contributed by atoms with Gasteiger partial charge in [-0.3, -0.25) is 9.69 Å². The van der Waals surface area contributed by atoms with Crippen molar-refractivity contribution in [2.45, 2.75) is 19.3 Å². The molecule has 2 fully saturated rings. The molecule has 0 aliphatic carbocycles. The number of likely N-dealkylation sites (tertiary alicyclic amines) is 1. The highest BCUT2D eigenvalue weighted by Gasteiger charge is 2.24. The van der Waals surface area contributed by atoms with Crippen molar-refractivity contribution in [3.8, 4) is 0 Å². The molecule has 0 radical (unpaired) electrons. The van der Waals surface area contributed by atoms with E-state index in [1.165, 1.54) is 6.42 Å². The van der Waals surface area contributed by atoms with E-state index >= 15 is 0 Å². The molecule has 0 atom stereocenters. The lowest BCUT2D eigenvalue weighted by molar-refractivity contribution is -0.139. The van der Waals surface area contributed by atoms with Crippen LogP contribution in [0.5, 0.6) is 0 Å². The molecule has 2 amide bonds. The molecule has 2 aliphatic heterocycles. The van der Waals surface area contributed by atoms with Crippen LogP contribution < -0.4 is 0 Å². The first kappa shape index (κ1) is 13.1. The molecule has 0 N–H and O–H groups in total. The molecule has 0 aromatic heterocycles. The molecule has 2 saturated heterocycles. The van der Waals surface area contributed by atoms with Crippen LogP contribution in [0.25, 0.3) is 0 Å². The van der Waals surface area contributed by atoms with E-state index in [9.17, 15) is 9.59 Å². The van der Waals surface area contributed by atoms with Crippen molar-refractivity contribution in [3.63, 3.8) is 0 Å². The van der Waals surface area contributed by atoms with Crippen molar-refractivity contribution in [1.82, 2.24) is 14.7 Å². The van der Waals surface area contributed by atoms with Gasteiger partial charge in [-0.15, -0.1) is 0 Å². The number of ether oxygens (including phenoxy) is 1. The largest absolute Gasteiger partial charge is 0.428 e. The predicted octanol–water partition coefficient (Wildman–Crippen LogP) is 0.340. The van der Waals surface area contributed by atoms with Gasteiger partial charge in [-0.2, -0.15) is 0 Å². The Labute approximate surface area is 107 Å². The van der Waals surface area contributed by atoms with Crippen LogP contribution >= 0.6 is 0 Å². The van der Waals surface area contributed by atoms with Gasteiger partial charge in [0.1, 0.15) is 0 Å². The molecule has 0 aromatic carbocycles.